The lowest BCUT2D eigenvalue weighted by atomic mass is 9.47. The van der Waals surface area contributed by atoms with Crippen LogP contribution in [0.1, 0.15) is 102 Å². The quantitative estimate of drug-likeness (QED) is 0.387. The summed E-state index contributed by atoms with van der Waals surface area (Å²) in [5.41, 5.74) is 3.79. The maximum absolute atomic E-state index is 13.3. The van der Waals surface area contributed by atoms with Crippen LogP contribution >= 0.6 is 0 Å². The molecule has 0 radical (unpaired) electrons. The Labute approximate surface area is 198 Å². The van der Waals surface area contributed by atoms with Crippen molar-refractivity contribution in [1.29, 1.82) is 0 Å². The van der Waals surface area contributed by atoms with Gasteiger partial charge in [-0.25, -0.2) is 0 Å². The average molecular weight is 453 g/mol. The topological polar surface area (TPSA) is 67.5 Å². The van der Waals surface area contributed by atoms with E-state index >= 15 is 0 Å². The number of furan rings is 1. The Morgan fingerprint density at radius 1 is 1.03 bits per heavy atom. The summed E-state index contributed by atoms with van der Waals surface area (Å²) in [6.07, 6.45) is 9.79. The third-order valence-electron chi connectivity index (χ3n) is 11.5. The standard InChI is InChI=1S/C29H40O4/c1-17-15-22(33-16-17)24(30)18(2)19-9-11-29(6)21-7-8-23-26(3,13-14-27(23,4)25(31)32)20(21)10-12-28(19,29)5/h15-16,18-19,23H,7-14H2,1-6H3,(H,31,32). The second-order valence-corrected chi connectivity index (χ2v) is 12.7. The lowest BCUT2D eigenvalue weighted by Crippen LogP contribution is -2.49. The first-order valence-corrected chi connectivity index (χ1v) is 12.9. The van der Waals surface area contributed by atoms with Crippen molar-refractivity contribution in [2.45, 2.75) is 92.9 Å². The number of hydrogen-bond acceptors (Lipinski definition) is 3. The Morgan fingerprint density at radius 3 is 2.39 bits per heavy atom. The van der Waals surface area contributed by atoms with Gasteiger partial charge in [0.2, 0.25) is 5.78 Å². The molecule has 0 saturated heterocycles. The number of aryl methyl sites for hydroxylation is 1. The van der Waals surface area contributed by atoms with Crippen LogP contribution in [0.2, 0.25) is 0 Å². The number of carbonyl (C=O) groups excluding carboxylic acids is 1. The number of hydrogen-bond donors (Lipinski definition) is 1. The van der Waals surface area contributed by atoms with E-state index in [4.69, 9.17) is 4.42 Å². The highest BCUT2D eigenvalue weighted by molar-refractivity contribution is 5.95. The second-order valence-electron chi connectivity index (χ2n) is 12.7. The summed E-state index contributed by atoms with van der Waals surface area (Å²) in [6.45, 7) is 13.3. The van der Waals surface area contributed by atoms with Crippen molar-refractivity contribution in [3.05, 3.63) is 34.8 Å². The molecule has 1 aromatic rings. The normalized spacial score (nSPS) is 43.1. The highest BCUT2D eigenvalue weighted by Crippen LogP contribution is 2.73. The molecule has 2 saturated carbocycles. The van der Waals surface area contributed by atoms with E-state index in [9.17, 15) is 14.7 Å². The number of carboxylic acids is 1. The van der Waals surface area contributed by atoms with Gasteiger partial charge in [0, 0.05) is 5.92 Å². The minimum absolute atomic E-state index is 0.0102. The molecule has 1 aromatic heterocycles. The fraction of sp³-hybridized carbons (Fsp3) is 0.724. The third kappa shape index (κ3) is 2.82. The van der Waals surface area contributed by atoms with E-state index in [1.807, 2.05) is 19.9 Å². The van der Waals surface area contributed by atoms with E-state index < -0.39 is 11.4 Å². The fourth-order valence-corrected chi connectivity index (χ4v) is 9.22. The van der Waals surface area contributed by atoms with Gasteiger partial charge in [-0.15, -0.1) is 0 Å². The van der Waals surface area contributed by atoms with E-state index in [0.29, 0.717) is 11.7 Å². The summed E-state index contributed by atoms with van der Waals surface area (Å²) in [5, 5.41) is 10.1. The van der Waals surface area contributed by atoms with Crippen molar-refractivity contribution in [1.82, 2.24) is 0 Å². The number of rotatable bonds is 4. The van der Waals surface area contributed by atoms with Gasteiger partial charge in [-0.2, -0.15) is 0 Å². The predicted molar refractivity (Wildman–Crippen MR) is 128 cm³/mol. The zero-order valence-electron chi connectivity index (χ0n) is 21.2. The molecular formula is C29H40O4. The minimum Gasteiger partial charge on any atom is -0.481 e. The molecule has 4 nitrogen and oxygen atoms in total. The fourth-order valence-electron chi connectivity index (χ4n) is 9.22. The number of fused-ring (bicyclic) bond motifs is 4. The number of aliphatic carboxylic acids is 1. The Balaban J connectivity index is 1.49. The van der Waals surface area contributed by atoms with Gasteiger partial charge in [-0.1, -0.05) is 38.8 Å². The van der Waals surface area contributed by atoms with Crippen molar-refractivity contribution in [3.8, 4) is 0 Å². The van der Waals surface area contributed by atoms with Crippen LogP contribution in [-0.4, -0.2) is 16.9 Å². The van der Waals surface area contributed by atoms with Crippen molar-refractivity contribution in [3.63, 3.8) is 0 Å². The molecule has 2 fully saturated rings. The van der Waals surface area contributed by atoms with Gasteiger partial charge in [-0.05, 0) is 105 Å². The van der Waals surface area contributed by atoms with Crippen LogP contribution in [-0.2, 0) is 4.79 Å². The molecule has 1 heterocycles. The van der Waals surface area contributed by atoms with E-state index in [2.05, 4.69) is 27.7 Å². The summed E-state index contributed by atoms with van der Waals surface area (Å²) in [5.74, 6) is 0.538. The number of carboxylic acid groups (broad SMARTS) is 1. The molecule has 4 aliphatic rings. The van der Waals surface area contributed by atoms with Gasteiger partial charge >= 0.3 is 5.97 Å². The SMILES string of the molecule is Cc1coc(C(=O)C(C)C2CCC3(C)C4=C(CCC23C)C2(C)CCC(C)(C(=O)O)C2CC4)c1. The number of carbonyl (C=O) groups is 2. The molecule has 0 aliphatic heterocycles. The highest BCUT2D eigenvalue weighted by atomic mass is 16.4. The number of ketones is 1. The molecule has 1 N–H and O–H groups in total. The Hall–Kier alpha value is -1.84. The van der Waals surface area contributed by atoms with Crippen LogP contribution < -0.4 is 0 Å². The largest absolute Gasteiger partial charge is 0.481 e. The maximum Gasteiger partial charge on any atom is 0.309 e. The van der Waals surface area contributed by atoms with Crippen LogP contribution in [0.25, 0.3) is 0 Å². The van der Waals surface area contributed by atoms with Gasteiger partial charge in [0.25, 0.3) is 0 Å². The van der Waals surface area contributed by atoms with Gasteiger partial charge in [0.05, 0.1) is 11.7 Å². The lowest BCUT2D eigenvalue weighted by Gasteiger charge is -2.57. The first-order valence-electron chi connectivity index (χ1n) is 12.9. The Morgan fingerprint density at radius 2 is 1.76 bits per heavy atom. The minimum atomic E-state index is -0.617. The number of allylic oxidation sites excluding steroid dienone is 2. The summed E-state index contributed by atoms with van der Waals surface area (Å²) >= 11 is 0. The van der Waals surface area contributed by atoms with Crippen LogP contribution in [0.15, 0.2) is 27.9 Å². The first kappa shape index (κ1) is 22.9. The van der Waals surface area contributed by atoms with Crippen LogP contribution in [0, 0.1) is 46.3 Å². The molecule has 7 unspecified atom stereocenters. The first-order chi connectivity index (χ1) is 15.4. The van der Waals surface area contributed by atoms with Gasteiger partial charge in [0.1, 0.15) is 0 Å². The van der Waals surface area contributed by atoms with Crippen molar-refractivity contribution in [2.24, 2.45) is 39.4 Å². The number of Topliss-reactive ketones (excluding diaryl/α,β-unsaturated/α-hetero) is 1. The smallest absolute Gasteiger partial charge is 0.309 e. The maximum atomic E-state index is 13.3. The molecule has 0 amide bonds. The van der Waals surface area contributed by atoms with Crippen LogP contribution in [0.5, 0.6) is 0 Å². The predicted octanol–water partition coefficient (Wildman–Crippen LogP) is 7.22. The van der Waals surface area contributed by atoms with Crippen molar-refractivity contribution < 1.29 is 19.1 Å². The Kier molecular flexibility index (Phi) is 4.92. The molecule has 0 aromatic carbocycles. The highest BCUT2D eigenvalue weighted by Gasteiger charge is 2.65. The summed E-state index contributed by atoms with van der Waals surface area (Å²) in [6, 6.07) is 1.87. The van der Waals surface area contributed by atoms with Crippen LogP contribution in [0.3, 0.4) is 0 Å². The van der Waals surface area contributed by atoms with Gasteiger partial charge in [-0.3, -0.25) is 9.59 Å². The molecule has 0 spiro atoms. The molecule has 33 heavy (non-hydrogen) atoms. The van der Waals surface area contributed by atoms with Gasteiger partial charge in [0.15, 0.2) is 5.76 Å². The zero-order valence-corrected chi connectivity index (χ0v) is 21.2. The van der Waals surface area contributed by atoms with E-state index in [0.717, 1.165) is 56.9 Å². The second kappa shape index (κ2) is 7.09. The molecule has 5 rings (SSSR count). The van der Waals surface area contributed by atoms with Gasteiger partial charge < -0.3 is 9.52 Å². The van der Waals surface area contributed by atoms with Crippen molar-refractivity contribution >= 4 is 11.8 Å². The molecule has 4 heteroatoms. The zero-order chi connectivity index (χ0) is 24.0. The van der Waals surface area contributed by atoms with Crippen LogP contribution in [0.4, 0.5) is 0 Å². The summed E-state index contributed by atoms with van der Waals surface area (Å²) < 4.78 is 5.58. The molecular weight excluding hydrogens is 412 g/mol. The van der Waals surface area contributed by atoms with E-state index in [1.54, 1.807) is 17.4 Å². The molecule has 0 bridgehead atoms. The monoisotopic (exact) mass is 452 g/mol. The molecule has 180 valence electrons. The Bertz CT molecular complexity index is 1050. The summed E-state index contributed by atoms with van der Waals surface area (Å²) in [4.78, 5) is 25.5. The average Bonchev–Trinajstić information content (AvgIpc) is 3.40. The summed E-state index contributed by atoms with van der Waals surface area (Å²) in [7, 11) is 0. The molecule has 4 aliphatic carbocycles. The van der Waals surface area contributed by atoms with E-state index in [1.165, 1.54) is 0 Å². The molecule has 7 atom stereocenters. The third-order valence-corrected chi connectivity index (χ3v) is 11.5. The lowest BCUT2D eigenvalue weighted by molar-refractivity contribution is -0.151. The van der Waals surface area contributed by atoms with Crippen molar-refractivity contribution in [2.75, 3.05) is 0 Å². The van der Waals surface area contributed by atoms with E-state index in [-0.39, 0.29) is 33.9 Å².